The van der Waals surface area contributed by atoms with Crippen LogP contribution < -0.4 is 0 Å². The molecule has 1 heterocycles. The molecule has 0 bridgehead atoms. The molecule has 0 radical (unpaired) electrons. The average Bonchev–Trinajstić information content (AvgIpc) is 2.40. The molecular weight excluding hydrogens is 238 g/mol. The summed E-state index contributed by atoms with van der Waals surface area (Å²) < 4.78 is 0. The van der Waals surface area contributed by atoms with E-state index in [-0.39, 0.29) is 5.92 Å². The third-order valence-corrected chi connectivity index (χ3v) is 5.29. The molecule has 1 aliphatic carbocycles. The molecule has 2 fully saturated rings. The smallest absolute Gasteiger partial charge is 0.306 e. The number of nitrogens with zero attached hydrogens (tertiary/aromatic N) is 1. The molecule has 2 rings (SSSR count). The summed E-state index contributed by atoms with van der Waals surface area (Å²) in [5.41, 5.74) is 0. The van der Waals surface area contributed by atoms with Crippen molar-refractivity contribution in [2.45, 2.75) is 52.4 Å². The molecule has 3 heteroatoms. The summed E-state index contributed by atoms with van der Waals surface area (Å²) >= 11 is 0. The Morgan fingerprint density at radius 2 is 1.68 bits per heavy atom. The van der Waals surface area contributed by atoms with Gasteiger partial charge in [0.1, 0.15) is 0 Å². The highest BCUT2D eigenvalue weighted by Crippen LogP contribution is 2.34. The minimum atomic E-state index is -0.600. The second-order valence-corrected chi connectivity index (χ2v) is 6.94. The maximum Gasteiger partial charge on any atom is 0.306 e. The lowest BCUT2D eigenvalue weighted by molar-refractivity contribution is -0.143. The predicted octanol–water partition coefficient (Wildman–Crippen LogP) is 3.25. The van der Waals surface area contributed by atoms with Crippen molar-refractivity contribution in [1.82, 2.24) is 4.90 Å². The van der Waals surface area contributed by atoms with Crippen molar-refractivity contribution < 1.29 is 9.90 Å². The van der Waals surface area contributed by atoms with E-state index in [2.05, 4.69) is 18.7 Å². The van der Waals surface area contributed by atoms with Crippen LogP contribution in [0.15, 0.2) is 0 Å². The molecule has 0 spiro atoms. The van der Waals surface area contributed by atoms with E-state index in [9.17, 15) is 4.79 Å². The number of carboxylic acid groups (broad SMARTS) is 1. The minimum Gasteiger partial charge on any atom is -0.481 e. The zero-order chi connectivity index (χ0) is 13.8. The highest BCUT2D eigenvalue weighted by molar-refractivity contribution is 5.70. The van der Waals surface area contributed by atoms with E-state index in [0.29, 0.717) is 0 Å². The molecule has 0 aromatic heterocycles. The summed E-state index contributed by atoms with van der Waals surface area (Å²) in [6.07, 6.45) is 7.23. The summed E-state index contributed by atoms with van der Waals surface area (Å²) in [5, 5.41) is 9.01. The summed E-state index contributed by atoms with van der Waals surface area (Å²) in [6, 6.07) is 0. The molecule has 19 heavy (non-hydrogen) atoms. The zero-order valence-corrected chi connectivity index (χ0v) is 12.5. The van der Waals surface area contributed by atoms with Crippen molar-refractivity contribution in [2.24, 2.45) is 23.7 Å². The Morgan fingerprint density at radius 1 is 1.11 bits per heavy atom. The normalized spacial score (nSPS) is 30.7. The van der Waals surface area contributed by atoms with Gasteiger partial charge in [-0.05, 0) is 69.4 Å². The first-order chi connectivity index (χ1) is 9.06. The van der Waals surface area contributed by atoms with Crippen molar-refractivity contribution >= 4 is 5.97 Å². The first-order valence-corrected chi connectivity index (χ1v) is 8.01. The van der Waals surface area contributed by atoms with E-state index in [1.165, 1.54) is 32.2 Å². The molecule has 3 nitrogen and oxygen atoms in total. The number of carbonyl (C=O) groups is 1. The number of aliphatic carboxylic acids is 1. The lowest BCUT2D eigenvalue weighted by Crippen LogP contribution is -2.39. The zero-order valence-electron chi connectivity index (χ0n) is 12.5. The van der Waals surface area contributed by atoms with Crippen LogP contribution in [0.3, 0.4) is 0 Å². The lowest BCUT2D eigenvalue weighted by atomic mass is 9.76. The van der Waals surface area contributed by atoms with Crippen molar-refractivity contribution in [3.8, 4) is 0 Å². The van der Waals surface area contributed by atoms with Gasteiger partial charge in [-0.25, -0.2) is 0 Å². The van der Waals surface area contributed by atoms with E-state index in [4.69, 9.17) is 5.11 Å². The fourth-order valence-corrected chi connectivity index (χ4v) is 3.77. The van der Waals surface area contributed by atoms with Gasteiger partial charge in [-0.1, -0.05) is 13.8 Å². The fourth-order valence-electron chi connectivity index (χ4n) is 3.77. The summed E-state index contributed by atoms with van der Waals surface area (Å²) in [6.45, 7) is 7.88. The Hall–Kier alpha value is -0.570. The Balaban J connectivity index is 1.68. The monoisotopic (exact) mass is 267 g/mol. The van der Waals surface area contributed by atoms with Gasteiger partial charge < -0.3 is 10.0 Å². The Kier molecular flexibility index (Phi) is 5.26. The third-order valence-electron chi connectivity index (χ3n) is 5.29. The molecular formula is C16H29NO2. The quantitative estimate of drug-likeness (QED) is 0.850. The SMILES string of the molecule is CC(C)C1CCC(CN2CCC(C(=O)O)CC2)CC1. The van der Waals surface area contributed by atoms with Gasteiger partial charge in [-0.2, -0.15) is 0 Å². The number of carboxylic acids is 1. The molecule has 2 aliphatic rings. The van der Waals surface area contributed by atoms with Crippen molar-refractivity contribution in [3.05, 3.63) is 0 Å². The van der Waals surface area contributed by atoms with Gasteiger partial charge in [0.25, 0.3) is 0 Å². The summed E-state index contributed by atoms with van der Waals surface area (Å²) in [5.74, 6) is 1.95. The molecule has 0 unspecified atom stereocenters. The minimum absolute atomic E-state index is 0.0899. The van der Waals surface area contributed by atoms with Gasteiger partial charge in [-0.15, -0.1) is 0 Å². The van der Waals surface area contributed by atoms with Gasteiger partial charge in [-0.3, -0.25) is 4.79 Å². The van der Waals surface area contributed by atoms with Gasteiger partial charge in [0, 0.05) is 6.54 Å². The topological polar surface area (TPSA) is 40.5 Å². The average molecular weight is 267 g/mol. The van der Waals surface area contributed by atoms with Crippen LogP contribution in [0.1, 0.15) is 52.4 Å². The van der Waals surface area contributed by atoms with E-state index in [1.807, 2.05) is 0 Å². The van der Waals surface area contributed by atoms with E-state index in [1.54, 1.807) is 0 Å². The molecule has 0 aromatic carbocycles. The standard InChI is InChI=1S/C16H29NO2/c1-12(2)14-5-3-13(4-6-14)11-17-9-7-15(8-10-17)16(18)19/h12-15H,3-11H2,1-2H3,(H,18,19). The van der Waals surface area contributed by atoms with Gasteiger partial charge in [0.15, 0.2) is 0 Å². The van der Waals surface area contributed by atoms with Crippen LogP contribution in [0.2, 0.25) is 0 Å². The van der Waals surface area contributed by atoms with Gasteiger partial charge >= 0.3 is 5.97 Å². The first kappa shape index (κ1) is 14.8. The third kappa shape index (κ3) is 4.20. The van der Waals surface area contributed by atoms with Crippen LogP contribution in [0.25, 0.3) is 0 Å². The molecule has 1 aliphatic heterocycles. The van der Waals surface area contributed by atoms with Crippen LogP contribution >= 0.6 is 0 Å². The Labute approximate surface area is 117 Å². The second-order valence-electron chi connectivity index (χ2n) is 6.94. The highest BCUT2D eigenvalue weighted by atomic mass is 16.4. The fraction of sp³-hybridized carbons (Fsp3) is 0.938. The molecule has 1 saturated carbocycles. The summed E-state index contributed by atoms with van der Waals surface area (Å²) in [4.78, 5) is 13.4. The van der Waals surface area contributed by atoms with Crippen molar-refractivity contribution in [1.29, 1.82) is 0 Å². The largest absolute Gasteiger partial charge is 0.481 e. The highest BCUT2D eigenvalue weighted by Gasteiger charge is 2.28. The Bertz CT molecular complexity index is 287. The first-order valence-electron chi connectivity index (χ1n) is 8.01. The van der Waals surface area contributed by atoms with Crippen molar-refractivity contribution in [2.75, 3.05) is 19.6 Å². The summed E-state index contributed by atoms with van der Waals surface area (Å²) in [7, 11) is 0. The molecule has 1 saturated heterocycles. The number of rotatable bonds is 4. The molecule has 0 atom stereocenters. The number of hydrogen-bond donors (Lipinski definition) is 1. The van der Waals surface area contributed by atoms with E-state index in [0.717, 1.165) is 43.7 Å². The van der Waals surface area contributed by atoms with Crippen molar-refractivity contribution in [3.63, 3.8) is 0 Å². The number of hydrogen-bond acceptors (Lipinski definition) is 2. The van der Waals surface area contributed by atoms with Crippen LogP contribution in [0.4, 0.5) is 0 Å². The number of likely N-dealkylation sites (tertiary alicyclic amines) is 1. The maximum absolute atomic E-state index is 10.9. The van der Waals surface area contributed by atoms with Crippen LogP contribution in [-0.4, -0.2) is 35.6 Å². The van der Waals surface area contributed by atoms with Gasteiger partial charge in [0.2, 0.25) is 0 Å². The predicted molar refractivity (Wildman–Crippen MR) is 77.1 cm³/mol. The molecule has 1 N–H and O–H groups in total. The van der Waals surface area contributed by atoms with Gasteiger partial charge in [0.05, 0.1) is 5.92 Å². The lowest BCUT2D eigenvalue weighted by Gasteiger charge is -2.36. The van der Waals surface area contributed by atoms with Crippen LogP contribution in [0.5, 0.6) is 0 Å². The number of piperidine rings is 1. The second kappa shape index (κ2) is 6.74. The Morgan fingerprint density at radius 3 is 2.16 bits per heavy atom. The molecule has 0 aromatic rings. The van der Waals surface area contributed by atoms with Crippen LogP contribution in [0, 0.1) is 23.7 Å². The molecule has 0 amide bonds. The van der Waals surface area contributed by atoms with E-state index < -0.39 is 5.97 Å². The van der Waals surface area contributed by atoms with Crippen LogP contribution in [-0.2, 0) is 4.79 Å². The maximum atomic E-state index is 10.9. The molecule has 110 valence electrons. The van der Waals surface area contributed by atoms with E-state index >= 15 is 0 Å².